The van der Waals surface area contributed by atoms with Crippen molar-refractivity contribution in [3.63, 3.8) is 0 Å². The van der Waals surface area contributed by atoms with Gasteiger partial charge in [-0.2, -0.15) is 0 Å². The number of hydrogen-bond acceptors (Lipinski definition) is 3. The fourth-order valence-corrected chi connectivity index (χ4v) is 4.90. The average Bonchev–Trinajstić information content (AvgIpc) is 3.62. The van der Waals surface area contributed by atoms with E-state index in [4.69, 9.17) is 9.97 Å². The van der Waals surface area contributed by atoms with Gasteiger partial charge in [-0.3, -0.25) is 0 Å². The predicted molar refractivity (Wildman–Crippen MR) is 160 cm³/mol. The van der Waals surface area contributed by atoms with Crippen LogP contribution in [0.1, 0.15) is 17.2 Å². The number of nitrogens with zero attached hydrogens (tertiary/aromatic N) is 3. The van der Waals surface area contributed by atoms with Crippen molar-refractivity contribution in [2.24, 2.45) is 0 Å². The van der Waals surface area contributed by atoms with E-state index >= 15 is 0 Å². The molecule has 0 aliphatic rings. The van der Waals surface area contributed by atoms with Crippen LogP contribution in [-0.4, -0.2) is 19.9 Å². The number of hydrogen-bond donors (Lipinski definition) is 2. The molecule has 0 aliphatic carbocycles. The highest BCUT2D eigenvalue weighted by Gasteiger charge is 2.16. The molecule has 0 amide bonds. The number of anilines is 3. The Morgan fingerprint density at radius 1 is 0.487 bits per heavy atom. The Kier molecular flexibility index (Phi) is 5.72. The third-order valence-corrected chi connectivity index (χ3v) is 6.78. The minimum atomic E-state index is 0.773. The van der Waals surface area contributed by atoms with Gasteiger partial charge in [0, 0.05) is 17.1 Å². The van der Waals surface area contributed by atoms with E-state index in [1.54, 1.807) is 0 Å². The van der Waals surface area contributed by atoms with Crippen molar-refractivity contribution >= 4 is 50.8 Å². The smallest absolute Gasteiger partial charge is 0.142 e. The summed E-state index contributed by atoms with van der Waals surface area (Å²) in [5, 5.41) is 0. The summed E-state index contributed by atoms with van der Waals surface area (Å²) in [5.74, 6) is 1.55. The van der Waals surface area contributed by atoms with Crippen LogP contribution in [0.25, 0.3) is 33.7 Å². The Bertz CT molecular complexity index is 1720. The van der Waals surface area contributed by atoms with Gasteiger partial charge < -0.3 is 14.9 Å². The second-order valence-corrected chi connectivity index (χ2v) is 9.36. The van der Waals surface area contributed by atoms with Gasteiger partial charge in [0.15, 0.2) is 0 Å². The summed E-state index contributed by atoms with van der Waals surface area (Å²) >= 11 is 0. The second-order valence-electron chi connectivity index (χ2n) is 9.36. The minimum absolute atomic E-state index is 0.773. The molecule has 0 saturated heterocycles. The van der Waals surface area contributed by atoms with Crippen molar-refractivity contribution in [1.29, 1.82) is 0 Å². The van der Waals surface area contributed by atoms with Crippen LogP contribution in [0.5, 0.6) is 0 Å². The first-order chi connectivity index (χ1) is 19.3. The number of nitrogens with one attached hydrogen (secondary N) is 2. The van der Waals surface area contributed by atoms with Crippen LogP contribution in [0, 0.1) is 0 Å². The summed E-state index contributed by atoms with van der Waals surface area (Å²) in [6.45, 7) is 0. The molecule has 0 radical (unpaired) electrons. The molecule has 0 bridgehead atoms. The Hall–Kier alpha value is -5.42. The first kappa shape index (κ1) is 22.8. The van der Waals surface area contributed by atoms with Crippen LogP contribution in [-0.2, 0) is 0 Å². The van der Waals surface area contributed by atoms with Crippen LogP contribution in [0.15, 0.2) is 133 Å². The van der Waals surface area contributed by atoms with Crippen LogP contribution < -0.4 is 4.90 Å². The molecule has 39 heavy (non-hydrogen) atoms. The monoisotopic (exact) mass is 503 g/mol. The highest BCUT2D eigenvalue weighted by atomic mass is 15.1. The van der Waals surface area contributed by atoms with Crippen molar-refractivity contribution in [3.05, 3.63) is 151 Å². The fourth-order valence-electron chi connectivity index (χ4n) is 4.90. The quantitative estimate of drug-likeness (QED) is 0.239. The summed E-state index contributed by atoms with van der Waals surface area (Å²) in [6.07, 6.45) is 2.13. The minimum Gasteiger partial charge on any atom is -0.338 e. The van der Waals surface area contributed by atoms with Crippen molar-refractivity contribution in [2.75, 3.05) is 4.90 Å². The van der Waals surface area contributed by atoms with Crippen LogP contribution in [0.4, 0.5) is 17.1 Å². The Morgan fingerprint density at radius 3 is 1.41 bits per heavy atom. The molecular weight excluding hydrogens is 478 g/mol. The normalized spacial score (nSPS) is 11.1. The van der Waals surface area contributed by atoms with E-state index in [1.165, 1.54) is 0 Å². The highest BCUT2D eigenvalue weighted by Crippen LogP contribution is 2.35. The Balaban J connectivity index is 1.32. The number of rotatable bonds is 6. The zero-order valence-electron chi connectivity index (χ0n) is 21.1. The third-order valence-electron chi connectivity index (χ3n) is 6.78. The van der Waals surface area contributed by atoms with E-state index in [0.717, 1.165) is 61.9 Å². The van der Waals surface area contributed by atoms with Crippen LogP contribution >= 0.6 is 0 Å². The van der Waals surface area contributed by atoms with Gasteiger partial charge in [-0.1, -0.05) is 72.8 Å². The largest absolute Gasteiger partial charge is 0.338 e. The number of imidazole rings is 2. The lowest BCUT2D eigenvalue weighted by Gasteiger charge is -2.25. The van der Waals surface area contributed by atoms with E-state index in [2.05, 4.69) is 93.7 Å². The molecular formula is C34H25N5. The molecule has 5 aromatic carbocycles. The van der Waals surface area contributed by atoms with Crippen molar-refractivity contribution < 1.29 is 0 Å². The Labute approximate surface area is 226 Å². The number of H-pyrrole nitrogens is 2. The summed E-state index contributed by atoms with van der Waals surface area (Å²) in [5.41, 5.74) is 9.08. The predicted octanol–water partition coefficient (Wildman–Crippen LogP) is 8.50. The molecule has 186 valence electrons. The molecule has 0 aliphatic heterocycles. The number of para-hydroxylation sites is 6. The average molecular weight is 504 g/mol. The zero-order valence-corrected chi connectivity index (χ0v) is 21.1. The van der Waals surface area contributed by atoms with Gasteiger partial charge >= 0.3 is 0 Å². The molecule has 5 nitrogen and oxygen atoms in total. The maximum Gasteiger partial charge on any atom is 0.142 e. The molecule has 0 unspecified atom stereocenters. The third kappa shape index (κ3) is 4.47. The molecule has 2 aromatic heterocycles. The highest BCUT2D eigenvalue weighted by molar-refractivity contribution is 5.92. The van der Waals surface area contributed by atoms with E-state index in [9.17, 15) is 0 Å². The van der Waals surface area contributed by atoms with E-state index in [1.807, 2.05) is 60.7 Å². The van der Waals surface area contributed by atoms with E-state index in [0.29, 0.717) is 0 Å². The number of aromatic amines is 2. The zero-order chi connectivity index (χ0) is 26.0. The van der Waals surface area contributed by atoms with Gasteiger partial charge in [0.1, 0.15) is 11.6 Å². The van der Waals surface area contributed by atoms with E-state index in [-0.39, 0.29) is 0 Å². The maximum absolute atomic E-state index is 4.89. The standard InChI is InChI=1S/C34H25N5/c1-3-11-25(12-4-1)39(26-13-5-2-6-14-26)27-21-19-24(20-22-27)23-28(33-35-29-15-7-8-16-30(29)36-33)34-37-31-17-9-10-18-32(31)38-34/h1-23H,(H,35,36)(H,37,38). The number of fused-ring (bicyclic) bond motifs is 2. The molecule has 0 spiro atoms. The molecule has 7 rings (SSSR count). The SMILES string of the molecule is C(=C(c1nc2ccccc2[nH]1)c1nc2ccccc2[nH]1)c1ccc(N(c2ccccc2)c2ccccc2)cc1. The van der Waals surface area contributed by atoms with Crippen LogP contribution in [0.3, 0.4) is 0 Å². The topological polar surface area (TPSA) is 60.6 Å². The molecule has 2 heterocycles. The first-order valence-corrected chi connectivity index (χ1v) is 12.9. The van der Waals surface area contributed by atoms with Crippen molar-refractivity contribution in [3.8, 4) is 0 Å². The molecule has 5 heteroatoms. The molecule has 7 aromatic rings. The fraction of sp³-hybridized carbons (Fsp3) is 0. The van der Waals surface area contributed by atoms with Gasteiger partial charge in [-0.25, -0.2) is 9.97 Å². The molecule has 0 atom stereocenters. The lowest BCUT2D eigenvalue weighted by Crippen LogP contribution is -2.09. The summed E-state index contributed by atoms with van der Waals surface area (Å²) in [7, 11) is 0. The first-order valence-electron chi connectivity index (χ1n) is 12.9. The van der Waals surface area contributed by atoms with Gasteiger partial charge in [0.05, 0.1) is 27.6 Å². The number of aromatic nitrogens is 4. The molecule has 0 fully saturated rings. The lowest BCUT2D eigenvalue weighted by atomic mass is 10.1. The summed E-state index contributed by atoms with van der Waals surface area (Å²) in [6, 6.07) is 45.6. The van der Waals surface area contributed by atoms with E-state index < -0.39 is 0 Å². The molecule has 0 saturated carbocycles. The second kappa shape index (κ2) is 9.80. The van der Waals surface area contributed by atoms with Crippen molar-refractivity contribution in [2.45, 2.75) is 0 Å². The Morgan fingerprint density at radius 2 is 0.923 bits per heavy atom. The van der Waals surface area contributed by atoms with Gasteiger partial charge in [0.25, 0.3) is 0 Å². The van der Waals surface area contributed by atoms with Gasteiger partial charge in [0.2, 0.25) is 0 Å². The summed E-state index contributed by atoms with van der Waals surface area (Å²) < 4.78 is 0. The number of benzene rings is 5. The summed E-state index contributed by atoms with van der Waals surface area (Å²) in [4.78, 5) is 19.0. The lowest BCUT2D eigenvalue weighted by molar-refractivity contribution is 1.20. The molecule has 2 N–H and O–H groups in total. The van der Waals surface area contributed by atoms with Crippen LogP contribution in [0.2, 0.25) is 0 Å². The maximum atomic E-state index is 4.89. The van der Waals surface area contributed by atoms with Gasteiger partial charge in [-0.15, -0.1) is 0 Å². The van der Waals surface area contributed by atoms with Crippen molar-refractivity contribution in [1.82, 2.24) is 19.9 Å². The van der Waals surface area contributed by atoms with Gasteiger partial charge in [-0.05, 0) is 72.3 Å².